The van der Waals surface area contributed by atoms with Gasteiger partial charge in [0.25, 0.3) is 17.0 Å². The number of fused-ring (bicyclic) bond motifs is 2. The van der Waals surface area contributed by atoms with E-state index in [1.165, 1.54) is 11.8 Å². The number of carboxylic acid groups (broad SMARTS) is 1. The second-order valence-corrected chi connectivity index (χ2v) is 12.2. The minimum absolute atomic E-state index is 0.0755. The van der Waals surface area contributed by atoms with Crippen LogP contribution in [0.1, 0.15) is 27.9 Å². The number of phenolic OH excluding ortho intramolecular Hbond substituents is 2. The maximum atomic E-state index is 13.6. The number of nitrogens with zero attached hydrogens (tertiary/aromatic N) is 3. The number of thioether (sulfide) groups is 2. The third-order valence-corrected chi connectivity index (χ3v) is 9.45. The lowest BCUT2D eigenvalue weighted by atomic mass is 10.0. The largest absolute Gasteiger partial charge is 0.504 e. The Morgan fingerprint density at radius 3 is 2.57 bits per heavy atom. The van der Waals surface area contributed by atoms with Gasteiger partial charge in [0.15, 0.2) is 11.5 Å². The average Bonchev–Trinajstić information content (AvgIpc) is 3.46. The first kappa shape index (κ1) is 30.7. The van der Waals surface area contributed by atoms with Crippen LogP contribution in [0.5, 0.6) is 11.5 Å². The Hall–Kier alpha value is -5.29. The standard InChI is InChI=1S/C29H23N5O10S2/c1-12-32-33-29(44-12)46-11-14-10-45-27-21(26(40)34(27)22(14)28(41)42)31-25(39)20(13-5-3-2-4-6-13)30-24(38)16-9-43-19-8-18(36)17(35)7-15(19)23(16)37/h2-9,20-21,27,35-36H,10-11H2,1H3,(H,30,38)(H,31,39)(H,41,42)/t20?,21-,27+/m1/s1. The Labute approximate surface area is 266 Å². The van der Waals surface area contributed by atoms with Crippen LogP contribution >= 0.6 is 23.5 Å². The number of nitrogens with one attached hydrogen (secondary N) is 2. The molecule has 0 saturated carbocycles. The van der Waals surface area contributed by atoms with Gasteiger partial charge in [-0.1, -0.05) is 42.1 Å². The van der Waals surface area contributed by atoms with E-state index in [4.69, 9.17) is 8.83 Å². The molecule has 0 radical (unpaired) electrons. The van der Waals surface area contributed by atoms with E-state index < -0.39 is 63.6 Å². The molecule has 0 aliphatic carbocycles. The van der Waals surface area contributed by atoms with Crippen LogP contribution in [0.3, 0.4) is 0 Å². The van der Waals surface area contributed by atoms with Gasteiger partial charge in [0.05, 0.1) is 5.39 Å². The number of β-lactam (4-membered cyclic amide) rings is 1. The van der Waals surface area contributed by atoms with Gasteiger partial charge >= 0.3 is 5.97 Å². The number of carbonyl (C=O) groups excluding carboxylic acids is 3. The van der Waals surface area contributed by atoms with E-state index in [0.29, 0.717) is 17.0 Å². The molecule has 1 fully saturated rings. The zero-order valence-corrected chi connectivity index (χ0v) is 25.3. The molecule has 0 spiro atoms. The number of aromatic nitrogens is 2. The van der Waals surface area contributed by atoms with E-state index in [1.807, 2.05) is 0 Å². The molecule has 15 nitrogen and oxygen atoms in total. The molecular weight excluding hydrogens is 642 g/mol. The van der Waals surface area contributed by atoms with Crippen LogP contribution < -0.4 is 16.1 Å². The van der Waals surface area contributed by atoms with Crippen LogP contribution in [0, 0.1) is 6.92 Å². The molecule has 3 amide bonds. The molecule has 3 atom stereocenters. The van der Waals surface area contributed by atoms with Gasteiger partial charge in [0.1, 0.15) is 40.6 Å². The molecule has 2 aromatic heterocycles. The molecule has 4 aromatic rings. The summed E-state index contributed by atoms with van der Waals surface area (Å²) in [6.45, 7) is 1.63. The molecule has 2 aliphatic rings. The molecule has 5 N–H and O–H groups in total. The van der Waals surface area contributed by atoms with Crippen molar-refractivity contribution in [3.8, 4) is 11.5 Å². The fourth-order valence-corrected chi connectivity index (χ4v) is 7.27. The Kier molecular flexibility index (Phi) is 8.18. The first-order chi connectivity index (χ1) is 22.0. The summed E-state index contributed by atoms with van der Waals surface area (Å²) in [4.78, 5) is 66.6. The highest BCUT2D eigenvalue weighted by Crippen LogP contribution is 2.41. The second-order valence-electron chi connectivity index (χ2n) is 10.2. The number of hydrogen-bond donors (Lipinski definition) is 5. The van der Waals surface area contributed by atoms with Crippen LogP contribution in [-0.4, -0.2) is 77.0 Å². The van der Waals surface area contributed by atoms with Gasteiger partial charge in [-0.15, -0.1) is 22.0 Å². The lowest BCUT2D eigenvalue weighted by Crippen LogP contribution is -2.71. The summed E-state index contributed by atoms with van der Waals surface area (Å²) >= 11 is 2.41. The predicted octanol–water partition coefficient (Wildman–Crippen LogP) is 1.90. The van der Waals surface area contributed by atoms with Crippen molar-refractivity contribution in [2.45, 2.75) is 29.6 Å². The SMILES string of the molecule is Cc1nnc(SCC2=C(C(=O)O)N3C(=O)[C@@H](NC(=O)C(NC(=O)c4coc5cc(O)c(O)cc5c4=O)c4ccccc4)[C@@H]3SC2)o1. The first-order valence-electron chi connectivity index (χ1n) is 13.5. The molecule has 2 aliphatic heterocycles. The van der Waals surface area contributed by atoms with Gasteiger partial charge in [-0.25, -0.2) is 4.79 Å². The van der Waals surface area contributed by atoms with Crippen LogP contribution in [0.2, 0.25) is 0 Å². The molecule has 1 unspecified atom stereocenters. The van der Waals surface area contributed by atoms with E-state index in [0.717, 1.165) is 35.1 Å². The summed E-state index contributed by atoms with van der Waals surface area (Å²) in [5.41, 5.74) is -0.743. The number of hydrogen-bond acceptors (Lipinski definition) is 13. The molecular formula is C29H23N5O10S2. The predicted molar refractivity (Wildman–Crippen MR) is 162 cm³/mol. The van der Waals surface area contributed by atoms with E-state index >= 15 is 0 Å². The fourth-order valence-electron chi connectivity index (χ4n) is 4.98. The molecule has 6 rings (SSSR count). The summed E-state index contributed by atoms with van der Waals surface area (Å²) < 4.78 is 10.7. The summed E-state index contributed by atoms with van der Waals surface area (Å²) in [6, 6.07) is 7.62. The van der Waals surface area contributed by atoms with Crippen LogP contribution in [0.25, 0.3) is 11.0 Å². The minimum Gasteiger partial charge on any atom is -0.504 e. The number of aliphatic carboxylic acids is 1. The van der Waals surface area contributed by atoms with Gasteiger partial charge in [0, 0.05) is 24.5 Å². The lowest BCUT2D eigenvalue weighted by molar-refractivity contribution is -0.151. The number of aromatic hydroxyl groups is 2. The fraction of sp³-hybridized carbons (Fsp3) is 0.207. The lowest BCUT2D eigenvalue weighted by Gasteiger charge is -2.49. The molecule has 46 heavy (non-hydrogen) atoms. The Balaban J connectivity index is 1.21. The van der Waals surface area contributed by atoms with Crippen molar-refractivity contribution in [1.29, 1.82) is 0 Å². The zero-order chi connectivity index (χ0) is 32.7. The van der Waals surface area contributed by atoms with Crippen LogP contribution in [0.4, 0.5) is 0 Å². The van der Waals surface area contributed by atoms with E-state index in [9.17, 15) is 39.3 Å². The zero-order valence-electron chi connectivity index (χ0n) is 23.6. The molecule has 2 aromatic carbocycles. The van der Waals surface area contributed by atoms with Gasteiger partial charge < -0.3 is 34.8 Å². The second kappa shape index (κ2) is 12.2. The number of benzene rings is 2. The highest BCUT2D eigenvalue weighted by Gasteiger charge is 2.54. The Morgan fingerprint density at radius 1 is 1.13 bits per heavy atom. The van der Waals surface area contributed by atoms with Gasteiger partial charge in [-0.05, 0) is 17.2 Å². The van der Waals surface area contributed by atoms with Crippen LogP contribution in [0.15, 0.2) is 78.8 Å². The highest BCUT2D eigenvalue weighted by atomic mass is 32.2. The van der Waals surface area contributed by atoms with Crippen molar-refractivity contribution >= 4 is 58.2 Å². The van der Waals surface area contributed by atoms with Gasteiger partial charge in [-0.2, -0.15) is 0 Å². The molecule has 17 heteroatoms. The number of aryl methyl sites for hydroxylation is 1. The average molecular weight is 666 g/mol. The monoisotopic (exact) mass is 665 g/mol. The Morgan fingerprint density at radius 2 is 1.87 bits per heavy atom. The molecule has 1 saturated heterocycles. The van der Waals surface area contributed by atoms with E-state index in [2.05, 4.69) is 20.8 Å². The number of carbonyl (C=O) groups is 4. The number of carboxylic acids is 1. The topological polar surface area (TPSA) is 225 Å². The van der Waals surface area contributed by atoms with Crippen molar-refractivity contribution in [1.82, 2.24) is 25.7 Å². The smallest absolute Gasteiger partial charge is 0.352 e. The quantitative estimate of drug-likeness (QED) is 0.0978. The van der Waals surface area contributed by atoms with Gasteiger partial charge in [0.2, 0.25) is 17.2 Å². The van der Waals surface area contributed by atoms with Crippen molar-refractivity contribution in [2.75, 3.05) is 11.5 Å². The molecule has 4 heterocycles. The first-order valence-corrected chi connectivity index (χ1v) is 15.5. The summed E-state index contributed by atoms with van der Waals surface area (Å²) in [7, 11) is 0. The number of amides is 3. The van der Waals surface area contributed by atoms with Crippen molar-refractivity contribution in [3.05, 3.63) is 87.2 Å². The summed E-state index contributed by atoms with van der Waals surface area (Å²) in [5, 5.41) is 41.6. The number of phenols is 2. The van der Waals surface area contributed by atoms with Gasteiger partial charge in [-0.3, -0.25) is 24.1 Å². The molecule has 236 valence electrons. The maximum absolute atomic E-state index is 13.6. The highest BCUT2D eigenvalue weighted by molar-refractivity contribution is 8.01. The molecule has 0 bridgehead atoms. The third-order valence-electron chi connectivity index (χ3n) is 7.21. The van der Waals surface area contributed by atoms with E-state index in [-0.39, 0.29) is 33.4 Å². The third kappa shape index (κ3) is 5.65. The Bertz CT molecular complexity index is 1990. The number of rotatable bonds is 9. The van der Waals surface area contributed by atoms with Crippen molar-refractivity contribution in [2.24, 2.45) is 0 Å². The normalized spacial score (nSPS) is 18.1. The van der Waals surface area contributed by atoms with Crippen molar-refractivity contribution < 1.29 is 43.3 Å². The summed E-state index contributed by atoms with van der Waals surface area (Å²) in [6.07, 6.45) is 0.873. The minimum atomic E-state index is -1.37. The van der Waals surface area contributed by atoms with Crippen molar-refractivity contribution in [3.63, 3.8) is 0 Å². The maximum Gasteiger partial charge on any atom is 0.352 e. The summed E-state index contributed by atoms with van der Waals surface area (Å²) in [5.74, 6) is -4.00. The van der Waals surface area contributed by atoms with E-state index in [1.54, 1.807) is 37.3 Å². The van der Waals surface area contributed by atoms with Crippen LogP contribution in [-0.2, 0) is 14.4 Å².